The van der Waals surface area contributed by atoms with E-state index in [9.17, 15) is 0 Å². The van der Waals surface area contributed by atoms with E-state index < -0.39 is 0 Å². The van der Waals surface area contributed by atoms with Crippen molar-refractivity contribution >= 4 is 17.7 Å². The van der Waals surface area contributed by atoms with Crippen LogP contribution in [0, 0.1) is 0 Å². The first-order chi connectivity index (χ1) is 7.84. The van der Waals surface area contributed by atoms with Crippen LogP contribution in [0.3, 0.4) is 0 Å². The third kappa shape index (κ3) is 5.31. The molecule has 1 rings (SSSR count). The van der Waals surface area contributed by atoms with Crippen molar-refractivity contribution in [1.29, 1.82) is 0 Å². The standard InChI is InChI=1S/C13H18ClNO/c1-16-11-10-15-9-5-4-7-12-6-2-3-8-13(12)14/h2-4,6-8,15H,5,9-11H2,1H3. The molecule has 0 aliphatic rings. The first-order valence-electron chi connectivity index (χ1n) is 5.45. The zero-order chi connectivity index (χ0) is 11.6. The third-order valence-electron chi connectivity index (χ3n) is 2.17. The predicted octanol–water partition coefficient (Wildman–Crippen LogP) is 2.98. The molecule has 0 aliphatic carbocycles. The van der Waals surface area contributed by atoms with Gasteiger partial charge in [0, 0.05) is 18.7 Å². The fourth-order valence-corrected chi connectivity index (χ4v) is 1.50. The van der Waals surface area contributed by atoms with Crippen LogP contribution in [0.5, 0.6) is 0 Å². The van der Waals surface area contributed by atoms with Crippen LogP contribution in [0.4, 0.5) is 0 Å². The number of halogens is 1. The van der Waals surface area contributed by atoms with E-state index in [1.807, 2.05) is 24.3 Å². The SMILES string of the molecule is COCCNCCC=Cc1ccccc1Cl. The lowest BCUT2D eigenvalue weighted by Crippen LogP contribution is -2.19. The second-order valence-electron chi connectivity index (χ2n) is 3.46. The number of benzene rings is 1. The largest absolute Gasteiger partial charge is 0.383 e. The zero-order valence-electron chi connectivity index (χ0n) is 9.58. The van der Waals surface area contributed by atoms with Crippen LogP contribution in [0.2, 0.25) is 5.02 Å². The zero-order valence-corrected chi connectivity index (χ0v) is 10.3. The molecule has 0 radical (unpaired) electrons. The van der Waals surface area contributed by atoms with Gasteiger partial charge in [0.15, 0.2) is 0 Å². The summed E-state index contributed by atoms with van der Waals surface area (Å²) < 4.78 is 4.94. The third-order valence-corrected chi connectivity index (χ3v) is 2.52. The summed E-state index contributed by atoms with van der Waals surface area (Å²) in [5, 5.41) is 4.08. The fraction of sp³-hybridized carbons (Fsp3) is 0.385. The van der Waals surface area contributed by atoms with Crippen molar-refractivity contribution in [2.75, 3.05) is 26.8 Å². The molecule has 0 unspecified atom stereocenters. The van der Waals surface area contributed by atoms with Crippen LogP contribution in [0.15, 0.2) is 30.3 Å². The van der Waals surface area contributed by atoms with Gasteiger partial charge < -0.3 is 10.1 Å². The average Bonchev–Trinajstić information content (AvgIpc) is 2.30. The average molecular weight is 240 g/mol. The molecule has 2 nitrogen and oxygen atoms in total. The fourth-order valence-electron chi connectivity index (χ4n) is 1.31. The number of hydrogen-bond donors (Lipinski definition) is 1. The number of hydrogen-bond acceptors (Lipinski definition) is 2. The van der Waals surface area contributed by atoms with Gasteiger partial charge in [-0.15, -0.1) is 0 Å². The minimum absolute atomic E-state index is 0.758. The predicted molar refractivity (Wildman–Crippen MR) is 69.8 cm³/mol. The van der Waals surface area contributed by atoms with E-state index >= 15 is 0 Å². The highest BCUT2D eigenvalue weighted by molar-refractivity contribution is 6.32. The van der Waals surface area contributed by atoms with Gasteiger partial charge in [0.05, 0.1) is 6.61 Å². The highest BCUT2D eigenvalue weighted by Gasteiger charge is 1.92. The van der Waals surface area contributed by atoms with Crippen molar-refractivity contribution in [2.24, 2.45) is 0 Å². The van der Waals surface area contributed by atoms with E-state index in [1.54, 1.807) is 7.11 Å². The second kappa shape index (κ2) is 8.34. The lowest BCUT2D eigenvalue weighted by Gasteiger charge is -2.01. The van der Waals surface area contributed by atoms with Crippen molar-refractivity contribution in [2.45, 2.75) is 6.42 Å². The van der Waals surface area contributed by atoms with Crippen LogP contribution >= 0.6 is 11.6 Å². The summed E-state index contributed by atoms with van der Waals surface area (Å²) in [6, 6.07) is 7.84. The molecule has 0 saturated heterocycles. The van der Waals surface area contributed by atoms with Gasteiger partial charge >= 0.3 is 0 Å². The maximum Gasteiger partial charge on any atom is 0.0587 e. The molecule has 0 amide bonds. The van der Waals surface area contributed by atoms with Crippen molar-refractivity contribution in [3.8, 4) is 0 Å². The summed E-state index contributed by atoms with van der Waals surface area (Å²) in [4.78, 5) is 0. The maximum atomic E-state index is 6.02. The summed E-state index contributed by atoms with van der Waals surface area (Å²) in [6.07, 6.45) is 5.18. The van der Waals surface area contributed by atoms with Crippen LogP contribution in [-0.4, -0.2) is 26.8 Å². The molecule has 0 fully saturated rings. The minimum Gasteiger partial charge on any atom is -0.383 e. The van der Waals surface area contributed by atoms with Crippen molar-refractivity contribution < 1.29 is 4.74 Å². The summed E-state index contributed by atoms with van der Waals surface area (Å²) in [6.45, 7) is 2.62. The number of ether oxygens (including phenoxy) is 1. The van der Waals surface area contributed by atoms with Gasteiger partial charge in [-0.05, 0) is 24.6 Å². The molecule has 16 heavy (non-hydrogen) atoms. The first-order valence-corrected chi connectivity index (χ1v) is 5.83. The summed E-state index contributed by atoms with van der Waals surface area (Å²) in [5.41, 5.74) is 1.07. The lowest BCUT2D eigenvalue weighted by molar-refractivity contribution is 0.199. The molecule has 3 heteroatoms. The molecule has 0 bridgehead atoms. The van der Waals surface area contributed by atoms with Crippen molar-refractivity contribution in [1.82, 2.24) is 5.32 Å². The normalized spacial score (nSPS) is 11.1. The van der Waals surface area contributed by atoms with E-state index in [1.165, 1.54) is 0 Å². The molecule has 0 atom stereocenters. The molecule has 1 aromatic rings. The Hall–Kier alpha value is -0.830. The van der Waals surface area contributed by atoms with Crippen molar-refractivity contribution in [3.05, 3.63) is 40.9 Å². The Morgan fingerprint density at radius 3 is 2.88 bits per heavy atom. The van der Waals surface area contributed by atoms with Gasteiger partial charge in [0.2, 0.25) is 0 Å². The Labute approximate surface area is 102 Å². The number of methoxy groups -OCH3 is 1. The van der Waals surface area contributed by atoms with E-state index in [2.05, 4.69) is 17.5 Å². The second-order valence-corrected chi connectivity index (χ2v) is 3.86. The monoisotopic (exact) mass is 239 g/mol. The van der Waals surface area contributed by atoms with Crippen LogP contribution in [0.1, 0.15) is 12.0 Å². The Morgan fingerprint density at radius 1 is 1.31 bits per heavy atom. The van der Waals surface area contributed by atoms with Crippen LogP contribution in [0.25, 0.3) is 6.08 Å². The molecular formula is C13H18ClNO. The first kappa shape index (κ1) is 13.2. The Morgan fingerprint density at radius 2 is 2.12 bits per heavy atom. The van der Waals surface area contributed by atoms with Gasteiger partial charge in [-0.25, -0.2) is 0 Å². The molecule has 0 saturated carbocycles. The van der Waals surface area contributed by atoms with Gasteiger partial charge in [-0.1, -0.05) is 42.0 Å². The van der Waals surface area contributed by atoms with E-state index in [4.69, 9.17) is 16.3 Å². The molecule has 0 aromatic heterocycles. The van der Waals surface area contributed by atoms with Crippen LogP contribution < -0.4 is 5.32 Å². The number of nitrogens with one attached hydrogen (secondary N) is 1. The number of rotatable bonds is 7. The van der Waals surface area contributed by atoms with Gasteiger partial charge in [0.1, 0.15) is 0 Å². The topological polar surface area (TPSA) is 21.3 Å². The Kier molecular flexibility index (Phi) is 6.90. The molecule has 88 valence electrons. The highest BCUT2D eigenvalue weighted by Crippen LogP contribution is 2.16. The lowest BCUT2D eigenvalue weighted by atomic mass is 10.2. The molecule has 1 aromatic carbocycles. The summed E-state index contributed by atoms with van der Waals surface area (Å²) in [7, 11) is 1.71. The quantitative estimate of drug-likeness (QED) is 0.739. The molecular weight excluding hydrogens is 222 g/mol. The molecule has 0 heterocycles. The van der Waals surface area contributed by atoms with Gasteiger partial charge in [-0.2, -0.15) is 0 Å². The van der Waals surface area contributed by atoms with Crippen molar-refractivity contribution in [3.63, 3.8) is 0 Å². The van der Waals surface area contributed by atoms with E-state index in [0.29, 0.717) is 0 Å². The summed E-state index contributed by atoms with van der Waals surface area (Å²) >= 11 is 6.02. The molecule has 0 spiro atoms. The Balaban J connectivity index is 2.20. The summed E-state index contributed by atoms with van der Waals surface area (Å²) in [5.74, 6) is 0. The van der Waals surface area contributed by atoms with E-state index in [0.717, 1.165) is 36.7 Å². The Bertz CT molecular complexity index is 325. The van der Waals surface area contributed by atoms with Gasteiger partial charge in [-0.3, -0.25) is 0 Å². The molecule has 0 aliphatic heterocycles. The maximum absolute atomic E-state index is 6.02. The highest BCUT2D eigenvalue weighted by atomic mass is 35.5. The minimum atomic E-state index is 0.758. The molecule has 1 N–H and O–H groups in total. The smallest absolute Gasteiger partial charge is 0.0587 e. The van der Waals surface area contributed by atoms with Crippen LogP contribution in [-0.2, 0) is 4.74 Å². The van der Waals surface area contributed by atoms with Gasteiger partial charge in [0.25, 0.3) is 0 Å². The van der Waals surface area contributed by atoms with E-state index in [-0.39, 0.29) is 0 Å².